The van der Waals surface area contributed by atoms with Crippen LogP contribution in [-0.2, 0) is 11.3 Å². The highest BCUT2D eigenvalue weighted by molar-refractivity contribution is 9.10. The van der Waals surface area contributed by atoms with E-state index < -0.39 is 11.8 Å². The Labute approximate surface area is 134 Å². The van der Waals surface area contributed by atoms with Crippen LogP contribution >= 0.6 is 15.9 Å². The van der Waals surface area contributed by atoms with Gasteiger partial charge in [-0.25, -0.2) is 14.2 Å². The molecule has 1 aromatic heterocycles. The highest BCUT2D eigenvalue weighted by Crippen LogP contribution is 2.17. The Bertz CT molecular complexity index is 851. The zero-order chi connectivity index (χ0) is 15.5. The summed E-state index contributed by atoms with van der Waals surface area (Å²) in [7, 11) is 0. The average molecular weight is 360 g/mol. The van der Waals surface area contributed by atoms with Crippen LogP contribution < -0.4 is 0 Å². The Morgan fingerprint density at radius 1 is 1.14 bits per heavy atom. The molecule has 3 nitrogen and oxygen atoms in total. The van der Waals surface area contributed by atoms with Crippen molar-refractivity contribution in [3.05, 3.63) is 76.1 Å². The van der Waals surface area contributed by atoms with Crippen LogP contribution in [0.1, 0.15) is 16.1 Å². The molecule has 0 saturated carbocycles. The number of carbonyl (C=O) groups excluding carboxylic acids is 1. The Hall–Kier alpha value is -2.27. The van der Waals surface area contributed by atoms with E-state index in [4.69, 9.17) is 4.74 Å². The van der Waals surface area contributed by atoms with Gasteiger partial charge in [-0.15, -0.1) is 0 Å². The second-order valence-corrected chi connectivity index (χ2v) is 5.62. The van der Waals surface area contributed by atoms with Gasteiger partial charge in [-0.1, -0.05) is 46.3 Å². The van der Waals surface area contributed by atoms with Gasteiger partial charge in [0.25, 0.3) is 0 Å². The lowest BCUT2D eigenvalue weighted by atomic mass is 10.2. The zero-order valence-electron chi connectivity index (χ0n) is 11.4. The number of fused-ring (bicyclic) bond motifs is 1. The van der Waals surface area contributed by atoms with E-state index in [-0.39, 0.29) is 12.3 Å². The number of hydrogen-bond donors (Lipinski definition) is 0. The van der Waals surface area contributed by atoms with Crippen LogP contribution in [0.3, 0.4) is 0 Å². The normalized spacial score (nSPS) is 10.6. The minimum atomic E-state index is -0.576. The molecule has 0 spiro atoms. The number of ether oxygens (including phenoxy) is 1. The molecule has 110 valence electrons. The van der Waals surface area contributed by atoms with Crippen molar-refractivity contribution in [2.24, 2.45) is 0 Å². The summed E-state index contributed by atoms with van der Waals surface area (Å²) in [5.41, 5.74) is 1.24. The molecule has 0 aliphatic rings. The number of para-hydroxylation sites is 1. The third-order valence-electron chi connectivity index (χ3n) is 3.18. The molecule has 0 N–H and O–H groups in total. The van der Waals surface area contributed by atoms with Crippen LogP contribution in [0.4, 0.5) is 4.39 Å². The zero-order valence-corrected chi connectivity index (χ0v) is 13.0. The van der Waals surface area contributed by atoms with Crippen molar-refractivity contribution in [3.63, 3.8) is 0 Å². The maximum Gasteiger partial charge on any atom is 0.357 e. The van der Waals surface area contributed by atoms with Crippen molar-refractivity contribution in [3.8, 4) is 0 Å². The van der Waals surface area contributed by atoms with Crippen LogP contribution in [0.2, 0.25) is 0 Å². The number of hydrogen-bond acceptors (Lipinski definition) is 3. The lowest BCUT2D eigenvalue weighted by Gasteiger charge is -2.06. The lowest BCUT2D eigenvalue weighted by Crippen LogP contribution is -2.08. The predicted octanol–water partition coefficient (Wildman–Crippen LogP) is 4.49. The Balaban J connectivity index is 1.75. The molecule has 0 aliphatic carbocycles. The fourth-order valence-corrected chi connectivity index (χ4v) is 2.37. The molecule has 0 atom stereocenters. The van der Waals surface area contributed by atoms with Crippen LogP contribution in [0, 0.1) is 5.82 Å². The summed E-state index contributed by atoms with van der Waals surface area (Å²) in [5, 5.41) is 0.943. The highest BCUT2D eigenvalue weighted by atomic mass is 79.9. The summed E-state index contributed by atoms with van der Waals surface area (Å²) in [4.78, 5) is 16.3. The molecule has 2 aromatic carbocycles. The summed E-state index contributed by atoms with van der Waals surface area (Å²) in [6.07, 6.45) is 0. The van der Waals surface area contributed by atoms with Crippen LogP contribution in [0.15, 0.2) is 59.1 Å². The minimum absolute atomic E-state index is 0.132. The van der Waals surface area contributed by atoms with E-state index in [1.165, 1.54) is 6.07 Å². The monoisotopic (exact) mass is 359 g/mol. The number of nitrogens with zero attached hydrogens (tertiary/aromatic N) is 1. The molecule has 0 amide bonds. The molecule has 0 bridgehead atoms. The second-order valence-electron chi connectivity index (χ2n) is 4.70. The molecule has 3 aromatic rings. The van der Waals surface area contributed by atoms with E-state index in [2.05, 4.69) is 20.9 Å². The number of carbonyl (C=O) groups is 1. The lowest BCUT2D eigenvalue weighted by molar-refractivity contribution is 0.0462. The summed E-state index contributed by atoms with van der Waals surface area (Å²) in [6.45, 7) is -0.132. The number of pyridine rings is 1. The van der Waals surface area contributed by atoms with Crippen molar-refractivity contribution in [1.82, 2.24) is 4.98 Å². The molecule has 0 saturated heterocycles. The molecular formula is C17H11BrFNO2. The van der Waals surface area contributed by atoms with Gasteiger partial charge in [-0.3, -0.25) is 0 Å². The first-order valence-electron chi connectivity index (χ1n) is 6.60. The fourth-order valence-electron chi connectivity index (χ4n) is 2.04. The van der Waals surface area contributed by atoms with Crippen molar-refractivity contribution < 1.29 is 13.9 Å². The second kappa shape index (κ2) is 6.23. The van der Waals surface area contributed by atoms with Crippen molar-refractivity contribution >= 4 is 32.8 Å². The highest BCUT2D eigenvalue weighted by Gasteiger charge is 2.11. The largest absolute Gasteiger partial charge is 0.456 e. The van der Waals surface area contributed by atoms with E-state index >= 15 is 0 Å². The molecule has 0 radical (unpaired) electrons. The smallest absolute Gasteiger partial charge is 0.357 e. The van der Waals surface area contributed by atoms with E-state index in [0.29, 0.717) is 15.6 Å². The van der Waals surface area contributed by atoms with Gasteiger partial charge in [-0.05, 0) is 24.3 Å². The topological polar surface area (TPSA) is 39.2 Å². The van der Waals surface area contributed by atoms with Gasteiger partial charge in [0.2, 0.25) is 0 Å². The average Bonchev–Trinajstić information content (AvgIpc) is 2.53. The quantitative estimate of drug-likeness (QED) is 0.646. The third-order valence-corrected chi connectivity index (χ3v) is 3.67. The fraction of sp³-hybridized carbons (Fsp3) is 0.0588. The predicted molar refractivity (Wildman–Crippen MR) is 85.0 cm³/mol. The summed E-state index contributed by atoms with van der Waals surface area (Å²) >= 11 is 3.18. The molecular weight excluding hydrogens is 349 g/mol. The number of aromatic nitrogens is 1. The Morgan fingerprint density at radius 2 is 1.95 bits per heavy atom. The van der Waals surface area contributed by atoms with E-state index in [1.807, 2.05) is 24.3 Å². The maximum absolute atomic E-state index is 13.7. The molecule has 0 aliphatic heterocycles. The first kappa shape index (κ1) is 14.7. The summed E-state index contributed by atoms with van der Waals surface area (Å²) < 4.78 is 19.4. The Morgan fingerprint density at radius 3 is 2.77 bits per heavy atom. The molecule has 1 heterocycles. The van der Waals surface area contributed by atoms with Gasteiger partial charge in [-0.2, -0.15) is 0 Å². The number of rotatable bonds is 3. The summed E-state index contributed by atoms with van der Waals surface area (Å²) in [5.74, 6) is -0.998. The Kier molecular flexibility index (Phi) is 4.15. The minimum Gasteiger partial charge on any atom is -0.456 e. The van der Waals surface area contributed by atoms with Gasteiger partial charge in [0.1, 0.15) is 18.1 Å². The number of halogens is 2. The van der Waals surface area contributed by atoms with Gasteiger partial charge >= 0.3 is 5.97 Å². The van der Waals surface area contributed by atoms with Gasteiger partial charge in [0.05, 0.1) is 5.52 Å². The van der Waals surface area contributed by atoms with Crippen LogP contribution in [0.5, 0.6) is 0 Å². The van der Waals surface area contributed by atoms with Crippen molar-refractivity contribution in [1.29, 1.82) is 0 Å². The SMILES string of the molecule is O=C(OCc1ccc(Br)cc1F)c1ccc2ccccc2n1. The van der Waals surface area contributed by atoms with Gasteiger partial charge in [0.15, 0.2) is 0 Å². The first-order chi connectivity index (χ1) is 10.6. The standard InChI is InChI=1S/C17H11BrFNO2/c18-13-7-5-12(14(19)9-13)10-22-17(21)16-8-6-11-3-1-2-4-15(11)20-16/h1-9H,10H2. The maximum atomic E-state index is 13.7. The third kappa shape index (κ3) is 3.14. The molecule has 0 fully saturated rings. The van der Waals surface area contributed by atoms with Crippen LogP contribution in [-0.4, -0.2) is 11.0 Å². The van der Waals surface area contributed by atoms with Gasteiger partial charge in [0, 0.05) is 15.4 Å². The molecule has 22 heavy (non-hydrogen) atoms. The number of benzene rings is 2. The van der Waals surface area contributed by atoms with Gasteiger partial charge < -0.3 is 4.74 Å². The van der Waals surface area contributed by atoms with Crippen molar-refractivity contribution in [2.75, 3.05) is 0 Å². The van der Waals surface area contributed by atoms with E-state index in [9.17, 15) is 9.18 Å². The van der Waals surface area contributed by atoms with E-state index in [0.717, 1.165) is 5.39 Å². The molecule has 0 unspecified atom stereocenters. The van der Waals surface area contributed by atoms with Crippen LogP contribution in [0.25, 0.3) is 10.9 Å². The summed E-state index contributed by atoms with van der Waals surface area (Å²) in [6, 6.07) is 15.5. The molecule has 3 rings (SSSR count). The molecule has 5 heteroatoms. The van der Waals surface area contributed by atoms with E-state index in [1.54, 1.807) is 24.3 Å². The van der Waals surface area contributed by atoms with Crippen molar-refractivity contribution in [2.45, 2.75) is 6.61 Å². The number of esters is 1. The first-order valence-corrected chi connectivity index (χ1v) is 7.39.